The quantitative estimate of drug-likeness (QED) is 0.209. The second kappa shape index (κ2) is 10.2. The number of carbonyl (C=O) groups is 1. The largest absolute Gasteiger partial charge is 0.426 e. The number of esters is 1. The van der Waals surface area contributed by atoms with Crippen LogP contribution in [0, 0.1) is 12.3 Å². The van der Waals surface area contributed by atoms with Crippen molar-refractivity contribution in [3.05, 3.63) is 84.1 Å². The van der Waals surface area contributed by atoms with Gasteiger partial charge in [0.2, 0.25) is 0 Å². The maximum absolute atomic E-state index is 12.8. The number of imidazole rings is 1. The molecular formula is C31H37N3O2. The zero-order valence-corrected chi connectivity index (χ0v) is 22.3. The van der Waals surface area contributed by atoms with Crippen molar-refractivity contribution in [1.82, 2.24) is 9.38 Å². The molecule has 0 fully saturated rings. The monoisotopic (exact) mass is 483 g/mol. The lowest BCUT2D eigenvalue weighted by Gasteiger charge is -2.34. The Morgan fingerprint density at radius 2 is 1.67 bits per heavy atom. The van der Waals surface area contributed by atoms with E-state index in [1.807, 2.05) is 60.8 Å². The van der Waals surface area contributed by atoms with Gasteiger partial charge in [0.05, 0.1) is 0 Å². The topological polar surface area (TPSA) is 55.6 Å². The van der Waals surface area contributed by atoms with Crippen molar-refractivity contribution in [2.45, 2.75) is 66.3 Å². The number of anilines is 1. The van der Waals surface area contributed by atoms with Crippen LogP contribution in [0.4, 0.5) is 5.82 Å². The van der Waals surface area contributed by atoms with Gasteiger partial charge in [-0.2, -0.15) is 0 Å². The minimum Gasteiger partial charge on any atom is -0.426 e. The molecule has 0 aliphatic carbocycles. The van der Waals surface area contributed by atoms with E-state index in [9.17, 15) is 4.79 Å². The first-order valence-electron chi connectivity index (χ1n) is 12.6. The third-order valence-electron chi connectivity index (χ3n) is 6.04. The molecule has 2 aromatic carbocycles. The summed E-state index contributed by atoms with van der Waals surface area (Å²) in [7, 11) is 0. The average molecular weight is 484 g/mol. The minimum absolute atomic E-state index is 0.153. The molecule has 0 radical (unpaired) electrons. The van der Waals surface area contributed by atoms with Gasteiger partial charge < -0.3 is 10.1 Å². The van der Waals surface area contributed by atoms with E-state index in [-0.39, 0.29) is 16.9 Å². The summed E-state index contributed by atoms with van der Waals surface area (Å²) in [6, 6.07) is 21.8. The number of nitrogens with one attached hydrogen (secondary N) is 1. The van der Waals surface area contributed by atoms with Gasteiger partial charge >= 0.3 is 5.97 Å². The first kappa shape index (κ1) is 25.5. The number of nitrogens with zero attached hydrogens (tertiary/aromatic N) is 2. The van der Waals surface area contributed by atoms with Crippen LogP contribution >= 0.6 is 0 Å². The van der Waals surface area contributed by atoms with Crippen molar-refractivity contribution in [3.63, 3.8) is 0 Å². The third-order valence-corrected chi connectivity index (χ3v) is 6.04. The van der Waals surface area contributed by atoms with E-state index in [1.165, 1.54) is 0 Å². The molecule has 0 atom stereocenters. The zero-order chi connectivity index (χ0) is 25.9. The Morgan fingerprint density at radius 3 is 2.39 bits per heavy atom. The highest BCUT2D eigenvalue weighted by atomic mass is 16.5. The van der Waals surface area contributed by atoms with Crippen LogP contribution in [0.3, 0.4) is 0 Å². The van der Waals surface area contributed by atoms with Gasteiger partial charge in [0.15, 0.2) is 0 Å². The molecule has 0 spiro atoms. The number of benzene rings is 2. The van der Waals surface area contributed by atoms with E-state index < -0.39 is 0 Å². The highest BCUT2D eigenvalue weighted by Crippen LogP contribution is 2.38. The summed E-state index contributed by atoms with van der Waals surface area (Å²) in [6.45, 7) is 13.2. The van der Waals surface area contributed by atoms with Gasteiger partial charge in [-0.1, -0.05) is 63.2 Å². The van der Waals surface area contributed by atoms with Crippen molar-refractivity contribution < 1.29 is 9.53 Å². The summed E-state index contributed by atoms with van der Waals surface area (Å²) in [6.07, 6.45) is 3.97. The van der Waals surface area contributed by atoms with E-state index in [0.29, 0.717) is 18.6 Å². The molecular weight excluding hydrogens is 446 g/mol. The highest BCUT2D eigenvalue weighted by Gasteiger charge is 2.29. The first-order valence-corrected chi connectivity index (χ1v) is 12.6. The normalized spacial score (nSPS) is 12.1. The predicted octanol–water partition coefficient (Wildman–Crippen LogP) is 7.47. The van der Waals surface area contributed by atoms with Gasteiger partial charge in [-0.25, -0.2) is 4.98 Å². The second-order valence-electron chi connectivity index (χ2n) is 11.4. The number of ether oxygens (including phenoxy) is 1. The first-order chi connectivity index (χ1) is 17.0. The van der Waals surface area contributed by atoms with Crippen LogP contribution in [0.25, 0.3) is 16.9 Å². The van der Waals surface area contributed by atoms with Crippen molar-refractivity contribution >= 4 is 17.4 Å². The van der Waals surface area contributed by atoms with Crippen LogP contribution in [0.2, 0.25) is 0 Å². The highest BCUT2D eigenvalue weighted by molar-refractivity contribution is 5.83. The zero-order valence-electron chi connectivity index (χ0n) is 22.3. The van der Waals surface area contributed by atoms with Gasteiger partial charge in [-0.05, 0) is 74.4 Å². The average Bonchev–Trinajstić information content (AvgIpc) is 3.13. The van der Waals surface area contributed by atoms with Crippen molar-refractivity contribution in [2.24, 2.45) is 5.41 Å². The molecule has 2 heterocycles. The fourth-order valence-electron chi connectivity index (χ4n) is 4.96. The SMILES string of the molecule is Cc1ccn2c(NC(C)(C)CC(C)(C)C)c(-c3ccccc3OC(=O)CCc3ccccc3)nc2c1. The molecule has 2 aromatic heterocycles. The maximum atomic E-state index is 12.8. The molecule has 188 valence electrons. The summed E-state index contributed by atoms with van der Waals surface area (Å²) < 4.78 is 7.98. The molecule has 5 nitrogen and oxygen atoms in total. The van der Waals surface area contributed by atoms with E-state index in [2.05, 4.69) is 63.4 Å². The number of aromatic nitrogens is 2. The molecule has 4 aromatic rings. The number of carbonyl (C=O) groups excluding carboxylic acids is 1. The van der Waals surface area contributed by atoms with Crippen LogP contribution in [0.1, 0.15) is 58.6 Å². The second-order valence-corrected chi connectivity index (χ2v) is 11.4. The van der Waals surface area contributed by atoms with Crippen molar-refractivity contribution in [1.29, 1.82) is 0 Å². The Bertz CT molecular complexity index is 1350. The molecule has 0 saturated carbocycles. The van der Waals surface area contributed by atoms with Gasteiger partial charge in [-0.15, -0.1) is 0 Å². The predicted molar refractivity (Wildman–Crippen MR) is 148 cm³/mol. The minimum atomic E-state index is -0.256. The summed E-state index contributed by atoms with van der Waals surface area (Å²) in [5, 5.41) is 3.77. The van der Waals surface area contributed by atoms with Crippen LogP contribution in [0.15, 0.2) is 72.9 Å². The van der Waals surface area contributed by atoms with Crippen LogP contribution < -0.4 is 10.1 Å². The summed E-state index contributed by atoms with van der Waals surface area (Å²) in [4.78, 5) is 17.8. The molecule has 0 amide bonds. The molecule has 0 aliphatic heterocycles. The number of hydrogen-bond donors (Lipinski definition) is 1. The summed E-state index contributed by atoms with van der Waals surface area (Å²) >= 11 is 0. The fraction of sp³-hybridized carbons (Fsp3) is 0.355. The van der Waals surface area contributed by atoms with Crippen LogP contribution in [-0.2, 0) is 11.2 Å². The Morgan fingerprint density at radius 1 is 0.972 bits per heavy atom. The van der Waals surface area contributed by atoms with Gasteiger partial charge in [0.25, 0.3) is 0 Å². The van der Waals surface area contributed by atoms with E-state index in [1.54, 1.807) is 0 Å². The third kappa shape index (κ3) is 6.34. The molecule has 0 saturated heterocycles. The smallest absolute Gasteiger partial charge is 0.311 e. The van der Waals surface area contributed by atoms with Crippen molar-refractivity contribution in [3.8, 4) is 17.0 Å². The number of hydrogen-bond acceptors (Lipinski definition) is 4. The van der Waals surface area contributed by atoms with Crippen molar-refractivity contribution in [2.75, 3.05) is 5.32 Å². The van der Waals surface area contributed by atoms with Gasteiger partial charge in [0, 0.05) is 23.7 Å². The summed E-state index contributed by atoms with van der Waals surface area (Å²) in [5.74, 6) is 1.16. The Hall–Kier alpha value is -3.60. The maximum Gasteiger partial charge on any atom is 0.311 e. The lowest BCUT2D eigenvalue weighted by atomic mass is 9.82. The molecule has 4 rings (SSSR count). The number of aryl methyl sites for hydroxylation is 2. The standard InChI is InChI=1S/C31H37N3O2/c1-22-18-19-34-26(20-22)32-28(29(34)33-31(5,6)21-30(2,3)4)24-14-10-11-15-25(24)36-27(35)17-16-23-12-8-7-9-13-23/h7-15,18-20,33H,16-17,21H2,1-6H3. The molecule has 0 aliphatic rings. The Labute approximate surface area is 214 Å². The molecule has 0 bridgehead atoms. The van der Waals surface area contributed by atoms with Crippen LogP contribution in [-0.4, -0.2) is 20.9 Å². The van der Waals surface area contributed by atoms with Crippen LogP contribution in [0.5, 0.6) is 5.75 Å². The lowest BCUT2D eigenvalue weighted by molar-refractivity contribution is -0.134. The van der Waals surface area contributed by atoms with Gasteiger partial charge in [0.1, 0.15) is 22.9 Å². The molecule has 1 N–H and O–H groups in total. The van der Waals surface area contributed by atoms with E-state index in [4.69, 9.17) is 9.72 Å². The molecule has 0 unspecified atom stereocenters. The molecule has 5 heteroatoms. The number of para-hydroxylation sites is 1. The fourth-order valence-corrected chi connectivity index (χ4v) is 4.96. The summed E-state index contributed by atoms with van der Waals surface area (Å²) in [5.41, 5.74) is 4.64. The molecule has 36 heavy (non-hydrogen) atoms. The number of fused-ring (bicyclic) bond motifs is 1. The lowest BCUT2D eigenvalue weighted by Crippen LogP contribution is -2.36. The van der Waals surface area contributed by atoms with E-state index in [0.717, 1.165) is 40.3 Å². The van der Waals surface area contributed by atoms with Gasteiger partial charge in [-0.3, -0.25) is 9.20 Å². The van der Waals surface area contributed by atoms with E-state index >= 15 is 0 Å². The number of pyridine rings is 1. The Balaban J connectivity index is 1.68. The number of rotatable bonds is 8. The Kier molecular flexibility index (Phi) is 7.21.